The summed E-state index contributed by atoms with van der Waals surface area (Å²) in [6.07, 6.45) is 8.70. The van der Waals surface area contributed by atoms with Crippen LogP contribution in [0.3, 0.4) is 0 Å². The van der Waals surface area contributed by atoms with Gasteiger partial charge in [-0.25, -0.2) is 9.98 Å². The van der Waals surface area contributed by atoms with Crippen molar-refractivity contribution in [2.45, 2.75) is 0 Å². The van der Waals surface area contributed by atoms with Crippen LogP contribution in [0.2, 0.25) is 0 Å². The van der Waals surface area contributed by atoms with Crippen molar-refractivity contribution in [1.29, 1.82) is 0 Å². The number of nitrogens with one attached hydrogen (secondary N) is 1. The first-order valence-corrected chi connectivity index (χ1v) is 2.94. The van der Waals surface area contributed by atoms with Crippen molar-refractivity contribution in [2.75, 3.05) is 0 Å². The van der Waals surface area contributed by atoms with Crippen LogP contribution in [-0.2, 0) is 0 Å². The van der Waals surface area contributed by atoms with Gasteiger partial charge in [-0.15, -0.1) is 0 Å². The summed E-state index contributed by atoms with van der Waals surface area (Å²) in [5, 5.41) is 2.92. The number of rotatable bonds is 0. The summed E-state index contributed by atoms with van der Waals surface area (Å²) in [6.45, 7) is 0. The minimum Gasteiger partial charge on any atom is -0.363 e. The van der Waals surface area contributed by atoms with Crippen LogP contribution in [0.5, 0.6) is 0 Å². The van der Waals surface area contributed by atoms with E-state index in [1.165, 1.54) is 6.34 Å². The molecule has 0 saturated heterocycles. The molecule has 0 unspecified atom stereocenters. The first kappa shape index (κ1) is 5.22. The van der Waals surface area contributed by atoms with Gasteiger partial charge < -0.3 is 5.32 Å². The number of aliphatic imine (C=N–C) groups is 2. The lowest BCUT2D eigenvalue weighted by atomic mass is 10.5. The molecule has 1 N–H and O–H groups in total. The summed E-state index contributed by atoms with van der Waals surface area (Å²) in [6, 6.07) is 0. The Labute approximate surface area is 58.3 Å². The molecule has 0 aliphatic carbocycles. The van der Waals surface area contributed by atoms with Gasteiger partial charge in [0.1, 0.15) is 12.7 Å². The zero-order valence-electron chi connectivity index (χ0n) is 5.23. The molecule has 0 spiro atoms. The Balaban J connectivity index is 2.33. The van der Waals surface area contributed by atoms with E-state index in [1.807, 2.05) is 23.5 Å². The van der Waals surface area contributed by atoms with Gasteiger partial charge in [0.2, 0.25) is 0 Å². The van der Waals surface area contributed by atoms with Gasteiger partial charge in [0, 0.05) is 18.6 Å². The maximum Gasteiger partial charge on any atom is 0.155 e. The van der Waals surface area contributed by atoms with E-state index in [0.717, 1.165) is 5.82 Å². The lowest BCUT2D eigenvalue weighted by Gasteiger charge is -2.19. The van der Waals surface area contributed by atoms with Crippen molar-refractivity contribution in [2.24, 2.45) is 9.98 Å². The summed E-state index contributed by atoms with van der Waals surface area (Å²) in [4.78, 5) is 9.68. The molecular weight excluding hydrogens is 128 g/mol. The molecular formula is C6H6N4. The Morgan fingerprint density at radius 1 is 1.50 bits per heavy atom. The summed E-state index contributed by atoms with van der Waals surface area (Å²) >= 11 is 0. The average Bonchev–Trinajstić information content (AvgIpc) is 2.05. The van der Waals surface area contributed by atoms with Gasteiger partial charge in [-0.05, 0) is 0 Å². The maximum absolute atomic E-state index is 4.00. The van der Waals surface area contributed by atoms with E-state index in [4.69, 9.17) is 0 Å². The van der Waals surface area contributed by atoms with Crippen LogP contribution < -0.4 is 5.32 Å². The molecule has 0 aromatic carbocycles. The molecule has 4 nitrogen and oxygen atoms in total. The van der Waals surface area contributed by atoms with Gasteiger partial charge in [0.25, 0.3) is 0 Å². The van der Waals surface area contributed by atoms with Crippen LogP contribution in [0, 0.1) is 0 Å². The molecule has 0 amide bonds. The number of hydrogen-bond donors (Lipinski definition) is 1. The third kappa shape index (κ3) is 0.699. The monoisotopic (exact) mass is 134 g/mol. The summed E-state index contributed by atoms with van der Waals surface area (Å²) in [7, 11) is 0. The Bertz CT molecular complexity index is 248. The van der Waals surface area contributed by atoms with Gasteiger partial charge in [0.05, 0.1) is 0 Å². The van der Waals surface area contributed by atoms with Crippen LogP contribution in [0.25, 0.3) is 0 Å². The maximum atomic E-state index is 4.00. The van der Waals surface area contributed by atoms with E-state index in [9.17, 15) is 0 Å². The number of nitrogens with zero attached hydrogens (tertiary/aromatic N) is 3. The highest BCUT2D eigenvalue weighted by Crippen LogP contribution is 2.08. The van der Waals surface area contributed by atoms with E-state index in [2.05, 4.69) is 15.3 Å². The molecule has 0 aromatic heterocycles. The van der Waals surface area contributed by atoms with Crippen molar-refractivity contribution in [3.8, 4) is 0 Å². The summed E-state index contributed by atoms with van der Waals surface area (Å²) in [5.74, 6) is 0.859. The molecule has 50 valence electrons. The first-order valence-electron chi connectivity index (χ1n) is 2.94. The standard InChI is InChI=1S/C6H6N4/c1-2-10-5-8-4-9-6(10)3-7-1/h1-5,7H. The van der Waals surface area contributed by atoms with E-state index in [0.29, 0.717) is 0 Å². The molecule has 2 aliphatic heterocycles. The van der Waals surface area contributed by atoms with Gasteiger partial charge in [-0.1, -0.05) is 0 Å². The van der Waals surface area contributed by atoms with Crippen molar-refractivity contribution in [3.05, 3.63) is 24.4 Å². The minimum absolute atomic E-state index is 0.859. The second kappa shape index (κ2) is 1.98. The van der Waals surface area contributed by atoms with Gasteiger partial charge in [-0.3, -0.25) is 4.90 Å². The van der Waals surface area contributed by atoms with Crippen molar-refractivity contribution in [1.82, 2.24) is 10.2 Å². The molecule has 0 saturated carbocycles. The fraction of sp³-hybridized carbons (Fsp3) is 0. The first-order chi connectivity index (χ1) is 4.97. The molecule has 0 atom stereocenters. The summed E-state index contributed by atoms with van der Waals surface area (Å²) < 4.78 is 0. The highest BCUT2D eigenvalue weighted by atomic mass is 15.3. The van der Waals surface area contributed by atoms with E-state index >= 15 is 0 Å². The van der Waals surface area contributed by atoms with Crippen LogP contribution in [0.4, 0.5) is 0 Å². The molecule has 0 fully saturated rings. The molecule has 2 aliphatic rings. The highest BCUT2D eigenvalue weighted by molar-refractivity contribution is 5.76. The smallest absolute Gasteiger partial charge is 0.155 e. The predicted molar refractivity (Wildman–Crippen MR) is 39.2 cm³/mol. The van der Waals surface area contributed by atoms with Crippen molar-refractivity contribution < 1.29 is 0 Å². The van der Waals surface area contributed by atoms with Crippen molar-refractivity contribution >= 4 is 12.7 Å². The Kier molecular flexibility index (Phi) is 1.04. The van der Waals surface area contributed by atoms with E-state index < -0.39 is 0 Å². The van der Waals surface area contributed by atoms with Crippen LogP contribution in [0.15, 0.2) is 34.4 Å². The molecule has 0 bridgehead atoms. The lowest BCUT2D eigenvalue weighted by molar-refractivity contribution is 0.662. The van der Waals surface area contributed by atoms with Gasteiger partial charge in [-0.2, -0.15) is 0 Å². The molecule has 2 heterocycles. The van der Waals surface area contributed by atoms with Gasteiger partial charge in [0.15, 0.2) is 5.82 Å². The topological polar surface area (TPSA) is 40.0 Å². The third-order valence-electron chi connectivity index (χ3n) is 1.26. The number of fused-ring (bicyclic) bond motifs is 1. The zero-order valence-corrected chi connectivity index (χ0v) is 5.23. The molecule has 0 aromatic rings. The fourth-order valence-corrected chi connectivity index (χ4v) is 0.793. The van der Waals surface area contributed by atoms with E-state index in [1.54, 1.807) is 6.34 Å². The van der Waals surface area contributed by atoms with E-state index in [-0.39, 0.29) is 0 Å². The Morgan fingerprint density at radius 3 is 3.40 bits per heavy atom. The molecule has 0 radical (unpaired) electrons. The van der Waals surface area contributed by atoms with Gasteiger partial charge >= 0.3 is 0 Å². The zero-order chi connectivity index (χ0) is 6.81. The molecule has 4 heteroatoms. The molecule has 2 rings (SSSR count). The SMILES string of the molecule is C1=CN2C=NC=NC2=CN1. The van der Waals surface area contributed by atoms with Crippen LogP contribution in [0.1, 0.15) is 0 Å². The lowest BCUT2D eigenvalue weighted by Crippen LogP contribution is -2.21. The minimum atomic E-state index is 0.859. The normalized spacial score (nSPS) is 20.0. The van der Waals surface area contributed by atoms with Crippen LogP contribution in [-0.4, -0.2) is 17.6 Å². The number of hydrogen-bond acceptors (Lipinski definition) is 4. The highest BCUT2D eigenvalue weighted by Gasteiger charge is 2.06. The largest absolute Gasteiger partial charge is 0.363 e. The Morgan fingerprint density at radius 2 is 2.50 bits per heavy atom. The predicted octanol–water partition coefficient (Wildman–Crippen LogP) is 0.232. The second-order valence-electron chi connectivity index (χ2n) is 1.90. The second-order valence-corrected chi connectivity index (χ2v) is 1.90. The third-order valence-corrected chi connectivity index (χ3v) is 1.26. The van der Waals surface area contributed by atoms with Crippen molar-refractivity contribution in [3.63, 3.8) is 0 Å². The molecule has 10 heavy (non-hydrogen) atoms. The average molecular weight is 134 g/mol. The fourth-order valence-electron chi connectivity index (χ4n) is 0.793. The Hall–Kier alpha value is -1.58. The quantitative estimate of drug-likeness (QED) is 0.515. The summed E-state index contributed by atoms with van der Waals surface area (Å²) in [5.41, 5.74) is 0. The van der Waals surface area contributed by atoms with Crippen LogP contribution >= 0.6 is 0 Å².